The summed E-state index contributed by atoms with van der Waals surface area (Å²) in [6.45, 7) is 5.39. The Morgan fingerprint density at radius 3 is 2.84 bits per heavy atom. The number of carbonyl (C=O) groups excluding carboxylic acids is 1. The van der Waals surface area contributed by atoms with Crippen molar-refractivity contribution < 1.29 is 4.79 Å². The number of hydrogen-bond acceptors (Lipinski definition) is 7. The monoisotopic (exact) mass is 429 g/mol. The van der Waals surface area contributed by atoms with Crippen molar-refractivity contribution in [2.75, 3.05) is 18.4 Å². The van der Waals surface area contributed by atoms with Crippen LogP contribution in [0.2, 0.25) is 0 Å². The fourth-order valence-electron chi connectivity index (χ4n) is 3.95. The molecule has 1 aliphatic rings. The van der Waals surface area contributed by atoms with Crippen molar-refractivity contribution in [1.82, 2.24) is 29.8 Å². The van der Waals surface area contributed by atoms with Gasteiger partial charge in [0, 0.05) is 54.7 Å². The van der Waals surface area contributed by atoms with Crippen LogP contribution in [0.5, 0.6) is 0 Å². The second kappa shape index (κ2) is 10.1. The average molecular weight is 430 g/mol. The van der Waals surface area contributed by atoms with Crippen LogP contribution in [0.15, 0.2) is 49.1 Å². The molecule has 3 aromatic heterocycles. The zero-order valence-corrected chi connectivity index (χ0v) is 18.4. The van der Waals surface area contributed by atoms with Gasteiger partial charge in [-0.2, -0.15) is 0 Å². The number of nitrogens with zero attached hydrogens (tertiary/aromatic N) is 6. The molecule has 0 spiro atoms. The first-order chi connectivity index (χ1) is 15.5. The van der Waals surface area contributed by atoms with Gasteiger partial charge in [0.1, 0.15) is 12.1 Å². The lowest BCUT2D eigenvalue weighted by Gasteiger charge is -2.32. The summed E-state index contributed by atoms with van der Waals surface area (Å²) in [5.74, 6) is 1.60. The fraction of sp³-hybridized carbons (Fsp3) is 0.333. The van der Waals surface area contributed by atoms with E-state index in [0.29, 0.717) is 17.7 Å². The normalized spacial score (nSPS) is 16.3. The molecule has 1 saturated heterocycles. The summed E-state index contributed by atoms with van der Waals surface area (Å²) in [5.41, 5.74) is 3.66. The van der Waals surface area contributed by atoms with E-state index >= 15 is 0 Å². The van der Waals surface area contributed by atoms with Crippen molar-refractivity contribution in [1.29, 1.82) is 0 Å². The van der Waals surface area contributed by atoms with Gasteiger partial charge in [-0.05, 0) is 62.8 Å². The second-order valence-corrected chi connectivity index (χ2v) is 8.11. The van der Waals surface area contributed by atoms with Gasteiger partial charge in [0.05, 0.1) is 0 Å². The van der Waals surface area contributed by atoms with E-state index in [0.717, 1.165) is 55.0 Å². The summed E-state index contributed by atoms with van der Waals surface area (Å²) in [6.07, 6.45) is 11.3. The molecule has 0 saturated carbocycles. The van der Waals surface area contributed by atoms with E-state index in [-0.39, 0.29) is 5.91 Å². The lowest BCUT2D eigenvalue weighted by Crippen LogP contribution is -2.39. The SMILES string of the molecule is Cc1cc(C)nc(Nc2cc(C[C@@H]3CCCN(C(=O)/C=C/c4cccnc4)C3)ncn2)n1. The van der Waals surface area contributed by atoms with Crippen LogP contribution in [0.3, 0.4) is 0 Å². The molecule has 3 aromatic rings. The first-order valence-electron chi connectivity index (χ1n) is 10.8. The Bertz CT molecular complexity index is 1080. The number of nitrogens with one attached hydrogen (secondary N) is 1. The molecule has 0 aromatic carbocycles. The number of aromatic nitrogens is 5. The Balaban J connectivity index is 1.37. The van der Waals surface area contributed by atoms with Crippen LogP contribution in [0.25, 0.3) is 6.08 Å². The molecule has 1 atom stereocenters. The Morgan fingerprint density at radius 1 is 1.22 bits per heavy atom. The number of pyridine rings is 1. The van der Waals surface area contributed by atoms with Crippen LogP contribution >= 0.6 is 0 Å². The summed E-state index contributed by atoms with van der Waals surface area (Å²) >= 11 is 0. The quantitative estimate of drug-likeness (QED) is 0.599. The van der Waals surface area contributed by atoms with Crippen molar-refractivity contribution in [3.05, 3.63) is 71.7 Å². The Hall–Kier alpha value is -3.68. The third-order valence-corrected chi connectivity index (χ3v) is 5.38. The minimum atomic E-state index is 0.0376. The van der Waals surface area contributed by atoms with E-state index in [4.69, 9.17) is 0 Å². The molecule has 1 N–H and O–H groups in total. The molecule has 164 valence electrons. The molecule has 0 bridgehead atoms. The highest BCUT2D eigenvalue weighted by molar-refractivity contribution is 5.91. The summed E-state index contributed by atoms with van der Waals surface area (Å²) in [7, 11) is 0. The average Bonchev–Trinajstić information content (AvgIpc) is 2.78. The number of amides is 1. The van der Waals surface area contributed by atoms with Crippen molar-refractivity contribution in [3.63, 3.8) is 0 Å². The predicted molar refractivity (Wildman–Crippen MR) is 123 cm³/mol. The summed E-state index contributed by atoms with van der Waals surface area (Å²) in [5, 5.41) is 3.17. The third-order valence-electron chi connectivity index (χ3n) is 5.38. The molecule has 4 heterocycles. The first kappa shape index (κ1) is 21.5. The third kappa shape index (κ3) is 5.94. The zero-order chi connectivity index (χ0) is 22.3. The topological polar surface area (TPSA) is 96.8 Å². The van der Waals surface area contributed by atoms with Gasteiger partial charge in [0.25, 0.3) is 0 Å². The molecular formula is C24H27N7O. The molecule has 0 radical (unpaired) electrons. The maximum atomic E-state index is 12.7. The Kier molecular flexibility index (Phi) is 6.79. The van der Waals surface area contributed by atoms with Crippen LogP contribution in [0, 0.1) is 19.8 Å². The number of aryl methyl sites for hydroxylation is 2. The van der Waals surface area contributed by atoms with Crippen LogP contribution in [0.1, 0.15) is 35.5 Å². The molecule has 32 heavy (non-hydrogen) atoms. The van der Waals surface area contributed by atoms with Gasteiger partial charge in [0.2, 0.25) is 11.9 Å². The van der Waals surface area contributed by atoms with E-state index < -0.39 is 0 Å². The van der Waals surface area contributed by atoms with Crippen molar-refractivity contribution in [3.8, 4) is 0 Å². The number of piperidine rings is 1. The molecule has 0 aliphatic carbocycles. The lowest BCUT2D eigenvalue weighted by molar-refractivity contribution is -0.127. The van der Waals surface area contributed by atoms with E-state index in [1.54, 1.807) is 24.8 Å². The number of rotatable bonds is 6. The van der Waals surface area contributed by atoms with Gasteiger partial charge in [-0.3, -0.25) is 9.78 Å². The number of carbonyl (C=O) groups is 1. The maximum absolute atomic E-state index is 12.7. The maximum Gasteiger partial charge on any atom is 0.246 e. The van der Waals surface area contributed by atoms with Crippen LogP contribution < -0.4 is 5.32 Å². The van der Waals surface area contributed by atoms with Gasteiger partial charge >= 0.3 is 0 Å². The number of likely N-dealkylation sites (tertiary alicyclic amines) is 1. The highest BCUT2D eigenvalue weighted by Crippen LogP contribution is 2.22. The minimum Gasteiger partial charge on any atom is -0.339 e. The molecule has 8 heteroatoms. The first-order valence-corrected chi connectivity index (χ1v) is 10.8. The van der Waals surface area contributed by atoms with Gasteiger partial charge in [-0.15, -0.1) is 0 Å². The van der Waals surface area contributed by atoms with Crippen LogP contribution in [-0.2, 0) is 11.2 Å². The minimum absolute atomic E-state index is 0.0376. The molecule has 8 nitrogen and oxygen atoms in total. The molecule has 4 rings (SSSR count). The van der Waals surface area contributed by atoms with E-state index in [1.807, 2.05) is 49.1 Å². The standard InChI is InChI=1S/C24H27N7O/c1-17-11-18(2)29-24(28-17)30-22-13-21(26-16-27-22)12-20-6-4-10-31(15-20)23(32)8-7-19-5-3-9-25-14-19/h3,5,7-9,11,13-14,16,20H,4,6,10,12,15H2,1-2H3,(H,26,27,28,29,30)/b8-7+/t20-/m0/s1. The summed E-state index contributed by atoms with van der Waals surface area (Å²) in [6, 6.07) is 7.65. The molecular weight excluding hydrogens is 402 g/mol. The van der Waals surface area contributed by atoms with Crippen molar-refractivity contribution >= 4 is 23.7 Å². The highest BCUT2D eigenvalue weighted by Gasteiger charge is 2.23. The largest absolute Gasteiger partial charge is 0.339 e. The molecule has 0 unspecified atom stereocenters. The summed E-state index contributed by atoms with van der Waals surface area (Å²) < 4.78 is 0. The second-order valence-electron chi connectivity index (χ2n) is 8.11. The Morgan fingerprint density at radius 2 is 2.06 bits per heavy atom. The molecule has 1 fully saturated rings. The number of anilines is 2. The number of hydrogen-bond donors (Lipinski definition) is 1. The Labute approximate surface area is 187 Å². The van der Waals surface area contributed by atoms with E-state index in [1.165, 1.54) is 0 Å². The van der Waals surface area contributed by atoms with Crippen LogP contribution in [0.4, 0.5) is 11.8 Å². The lowest BCUT2D eigenvalue weighted by atomic mass is 9.93. The molecule has 1 amide bonds. The zero-order valence-electron chi connectivity index (χ0n) is 18.4. The van der Waals surface area contributed by atoms with E-state index in [9.17, 15) is 4.79 Å². The van der Waals surface area contributed by atoms with Crippen molar-refractivity contribution in [2.45, 2.75) is 33.1 Å². The molecule has 1 aliphatic heterocycles. The van der Waals surface area contributed by atoms with Gasteiger partial charge in [0.15, 0.2) is 0 Å². The van der Waals surface area contributed by atoms with E-state index in [2.05, 4.69) is 30.2 Å². The van der Waals surface area contributed by atoms with Gasteiger partial charge in [-0.1, -0.05) is 6.07 Å². The van der Waals surface area contributed by atoms with Gasteiger partial charge < -0.3 is 10.2 Å². The smallest absolute Gasteiger partial charge is 0.246 e. The fourth-order valence-corrected chi connectivity index (χ4v) is 3.95. The van der Waals surface area contributed by atoms with Crippen LogP contribution in [-0.4, -0.2) is 48.8 Å². The summed E-state index contributed by atoms with van der Waals surface area (Å²) in [4.78, 5) is 36.2. The predicted octanol–water partition coefficient (Wildman–Crippen LogP) is 3.52. The van der Waals surface area contributed by atoms with Gasteiger partial charge in [-0.25, -0.2) is 19.9 Å². The highest BCUT2D eigenvalue weighted by atomic mass is 16.2. The van der Waals surface area contributed by atoms with Crippen molar-refractivity contribution in [2.24, 2.45) is 5.92 Å².